The number of carbonyl (C=O) groups excluding carboxylic acids is 1. The lowest BCUT2D eigenvalue weighted by Crippen LogP contribution is -2.42. The van der Waals surface area contributed by atoms with E-state index < -0.39 is 0 Å². The fraction of sp³-hybridized carbons (Fsp3) is 0.321. The zero-order valence-electron chi connectivity index (χ0n) is 21.8. The van der Waals surface area contributed by atoms with Gasteiger partial charge >= 0.3 is 0 Å². The zero-order chi connectivity index (χ0) is 26.6. The predicted molar refractivity (Wildman–Crippen MR) is 147 cm³/mol. The summed E-state index contributed by atoms with van der Waals surface area (Å²) in [4.78, 5) is 45.0. The molecule has 196 valence electrons. The minimum absolute atomic E-state index is 0.185. The number of H-pyrrole nitrogens is 1. The van der Waals surface area contributed by atoms with Gasteiger partial charge in [-0.15, -0.1) is 0 Å². The smallest absolute Gasteiger partial charge is 0.259 e. The molecular weight excluding hydrogens is 482 g/mol. The molecule has 1 saturated heterocycles. The van der Waals surface area contributed by atoms with Crippen LogP contribution in [0.4, 0.5) is 11.5 Å². The highest BCUT2D eigenvalue weighted by molar-refractivity contribution is 5.94. The van der Waals surface area contributed by atoms with E-state index in [1.807, 2.05) is 48.2 Å². The third-order valence-corrected chi connectivity index (χ3v) is 6.78. The van der Waals surface area contributed by atoms with Gasteiger partial charge in [0.15, 0.2) is 0 Å². The van der Waals surface area contributed by atoms with Crippen molar-refractivity contribution in [2.75, 3.05) is 46.2 Å². The number of rotatable bonds is 7. The van der Waals surface area contributed by atoms with Crippen LogP contribution in [-0.4, -0.2) is 76.5 Å². The van der Waals surface area contributed by atoms with E-state index in [4.69, 9.17) is 9.72 Å². The lowest BCUT2D eigenvalue weighted by Gasteiger charge is -2.33. The summed E-state index contributed by atoms with van der Waals surface area (Å²) >= 11 is 0. The van der Waals surface area contributed by atoms with E-state index in [1.165, 1.54) is 18.9 Å². The number of likely N-dealkylation sites (N-methyl/N-ethyl adjacent to an activating group) is 1. The van der Waals surface area contributed by atoms with Crippen LogP contribution in [0.2, 0.25) is 0 Å². The second-order valence-corrected chi connectivity index (χ2v) is 9.71. The first-order chi connectivity index (χ1) is 18.4. The largest absolute Gasteiger partial charge is 0.480 e. The molecule has 2 N–H and O–H groups in total. The Balaban J connectivity index is 1.36. The van der Waals surface area contributed by atoms with Gasteiger partial charge in [0.2, 0.25) is 11.8 Å². The molecule has 0 unspecified atom stereocenters. The summed E-state index contributed by atoms with van der Waals surface area (Å²) in [5, 5.41) is 4.53. The van der Waals surface area contributed by atoms with Gasteiger partial charge in [-0.25, -0.2) is 9.97 Å². The Morgan fingerprint density at radius 3 is 2.58 bits per heavy atom. The number of methoxy groups -OCH3 is 1. The van der Waals surface area contributed by atoms with Crippen LogP contribution in [0.5, 0.6) is 5.88 Å². The van der Waals surface area contributed by atoms with E-state index in [9.17, 15) is 9.59 Å². The Kier molecular flexibility index (Phi) is 7.32. The molecule has 0 atom stereocenters. The summed E-state index contributed by atoms with van der Waals surface area (Å²) in [6.07, 6.45) is 6.64. The van der Waals surface area contributed by atoms with E-state index in [0.29, 0.717) is 40.9 Å². The molecule has 4 aromatic rings. The molecule has 1 aliphatic rings. The third kappa shape index (κ3) is 5.50. The number of hydrogen-bond donors (Lipinski definition) is 2. The van der Waals surface area contributed by atoms with E-state index in [-0.39, 0.29) is 11.5 Å². The predicted octanol–water partition coefficient (Wildman–Crippen LogP) is 3.40. The van der Waals surface area contributed by atoms with Gasteiger partial charge in [0.1, 0.15) is 11.5 Å². The number of aromatic amines is 1. The lowest BCUT2D eigenvalue weighted by molar-refractivity contribution is -0.132. The molecule has 4 heterocycles. The Hall–Kier alpha value is -4.31. The number of piperidine rings is 1. The van der Waals surface area contributed by atoms with Crippen LogP contribution in [0.3, 0.4) is 0 Å². The molecule has 0 bridgehead atoms. The number of likely N-dealkylation sites (tertiary alicyclic amines) is 1. The Morgan fingerprint density at radius 2 is 1.87 bits per heavy atom. The first-order valence-corrected chi connectivity index (χ1v) is 12.6. The number of pyridine rings is 2. The number of hydrogen-bond acceptors (Lipinski definition) is 8. The number of ether oxygens (including phenoxy) is 1. The molecule has 1 fully saturated rings. The normalized spacial score (nSPS) is 14.2. The first kappa shape index (κ1) is 25.3. The highest BCUT2D eigenvalue weighted by Gasteiger charge is 2.24. The van der Waals surface area contributed by atoms with Crippen molar-refractivity contribution in [3.8, 4) is 17.3 Å². The summed E-state index contributed by atoms with van der Waals surface area (Å²) in [5.41, 5.74) is 2.95. The van der Waals surface area contributed by atoms with Gasteiger partial charge in [-0.1, -0.05) is 12.1 Å². The number of fused-ring (bicyclic) bond motifs is 1. The topological polar surface area (TPSA) is 116 Å². The van der Waals surface area contributed by atoms with E-state index in [1.54, 1.807) is 12.4 Å². The second kappa shape index (κ2) is 11.0. The van der Waals surface area contributed by atoms with Crippen molar-refractivity contribution >= 4 is 28.2 Å². The van der Waals surface area contributed by atoms with Crippen molar-refractivity contribution in [2.45, 2.75) is 18.8 Å². The molecule has 0 aliphatic carbocycles. The zero-order valence-corrected chi connectivity index (χ0v) is 21.8. The van der Waals surface area contributed by atoms with Crippen molar-refractivity contribution in [3.63, 3.8) is 0 Å². The van der Waals surface area contributed by atoms with Crippen molar-refractivity contribution in [1.82, 2.24) is 29.7 Å². The molecule has 5 rings (SSSR count). The first-order valence-electron chi connectivity index (χ1n) is 12.6. The van der Waals surface area contributed by atoms with Gasteiger partial charge < -0.3 is 24.8 Å². The Morgan fingerprint density at radius 1 is 1.11 bits per heavy atom. The summed E-state index contributed by atoms with van der Waals surface area (Å²) in [6, 6.07) is 11.9. The molecule has 1 aliphatic heterocycles. The second-order valence-electron chi connectivity index (χ2n) is 9.71. The Labute approximate surface area is 220 Å². The van der Waals surface area contributed by atoms with Gasteiger partial charge in [-0.3, -0.25) is 14.6 Å². The maximum Gasteiger partial charge on any atom is 0.259 e. The fourth-order valence-electron chi connectivity index (χ4n) is 4.81. The lowest BCUT2D eigenvalue weighted by atomic mass is 9.89. The molecule has 10 nitrogen and oxygen atoms in total. The van der Waals surface area contributed by atoms with Crippen LogP contribution in [0, 0.1) is 0 Å². The van der Waals surface area contributed by atoms with Crippen molar-refractivity contribution in [3.05, 3.63) is 70.9 Å². The number of aromatic nitrogens is 4. The minimum atomic E-state index is -0.229. The van der Waals surface area contributed by atoms with Crippen LogP contribution >= 0.6 is 0 Å². The van der Waals surface area contributed by atoms with Crippen LogP contribution in [0.1, 0.15) is 24.3 Å². The average Bonchev–Trinajstić information content (AvgIpc) is 2.93. The molecule has 0 saturated carbocycles. The molecule has 1 aromatic carbocycles. The molecule has 0 radical (unpaired) electrons. The number of anilines is 2. The van der Waals surface area contributed by atoms with Crippen molar-refractivity contribution in [2.24, 2.45) is 0 Å². The van der Waals surface area contributed by atoms with Gasteiger partial charge in [0, 0.05) is 25.0 Å². The number of nitrogens with zero attached hydrogens (tertiary/aromatic N) is 5. The van der Waals surface area contributed by atoms with Crippen LogP contribution in [0.25, 0.3) is 22.2 Å². The van der Waals surface area contributed by atoms with Gasteiger partial charge in [-0.05, 0) is 68.1 Å². The SMILES string of the molecule is COc1cncc(-c2cc3cc[nH]c(=O)c3c(Nc3ccc(C4CCN(C(=O)CN(C)C)CC4)cc3)n2)n1. The highest BCUT2D eigenvalue weighted by Crippen LogP contribution is 2.31. The van der Waals surface area contributed by atoms with Crippen LogP contribution in [0.15, 0.2) is 59.8 Å². The average molecular weight is 514 g/mol. The van der Waals surface area contributed by atoms with Crippen LogP contribution in [-0.2, 0) is 4.79 Å². The molecular formula is C28H31N7O3. The number of carbonyl (C=O) groups is 1. The maximum atomic E-state index is 12.7. The minimum Gasteiger partial charge on any atom is -0.480 e. The number of nitrogens with one attached hydrogen (secondary N) is 2. The quantitative estimate of drug-likeness (QED) is 0.386. The van der Waals surface area contributed by atoms with Crippen molar-refractivity contribution in [1.29, 1.82) is 0 Å². The summed E-state index contributed by atoms with van der Waals surface area (Å²) in [7, 11) is 5.36. The van der Waals surface area contributed by atoms with Gasteiger partial charge in [-0.2, -0.15) is 0 Å². The summed E-state index contributed by atoms with van der Waals surface area (Å²) in [6.45, 7) is 1.99. The van der Waals surface area contributed by atoms with Crippen LogP contribution < -0.4 is 15.6 Å². The number of amides is 1. The molecule has 3 aromatic heterocycles. The molecule has 10 heteroatoms. The Bertz CT molecular complexity index is 1490. The molecule has 0 spiro atoms. The monoisotopic (exact) mass is 513 g/mol. The standard InChI is InChI=1S/C28H31N7O3/c1-34(2)17-25(36)35-12-9-19(10-13-35)18-4-6-21(7-5-18)31-27-26-20(8-11-30-28(26)37)14-22(33-27)23-15-29-16-24(32-23)38-3/h4-8,11,14-16,19H,9-10,12-13,17H2,1-3H3,(H,30,37)(H,31,33). The van der Waals surface area contributed by atoms with Gasteiger partial charge in [0.05, 0.1) is 37.1 Å². The molecule has 1 amide bonds. The van der Waals surface area contributed by atoms with Crippen molar-refractivity contribution < 1.29 is 9.53 Å². The summed E-state index contributed by atoms with van der Waals surface area (Å²) < 4.78 is 5.21. The van der Waals surface area contributed by atoms with E-state index in [2.05, 4.69) is 32.4 Å². The number of benzene rings is 1. The highest BCUT2D eigenvalue weighted by atomic mass is 16.5. The molecule has 38 heavy (non-hydrogen) atoms. The van der Waals surface area contributed by atoms with E-state index >= 15 is 0 Å². The van der Waals surface area contributed by atoms with Gasteiger partial charge in [0.25, 0.3) is 5.56 Å². The fourth-order valence-corrected chi connectivity index (χ4v) is 4.81. The maximum absolute atomic E-state index is 12.7. The third-order valence-electron chi connectivity index (χ3n) is 6.78. The summed E-state index contributed by atoms with van der Waals surface area (Å²) in [5.74, 6) is 1.41. The van der Waals surface area contributed by atoms with E-state index in [0.717, 1.165) is 37.0 Å².